The summed E-state index contributed by atoms with van der Waals surface area (Å²) in [5.74, 6) is 0.483. The van der Waals surface area contributed by atoms with Crippen LogP contribution in [0.5, 0.6) is 11.5 Å². The molecule has 49 heavy (non-hydrogen) atoms. The monoisotopic (exact) mass is 673 g/mol. The summed E-state index contributed by atoms with van der Waals surface area (Å²) in [6.07, 6.45) is 2.19. The van der Waals surface area contributed by atoms with Gasteiger partial charge in [0.15, 0.2) is 0 Å². The highest BCUT2D eigenvalue weighted by molar-refractivity contribution is 6.31. The van der Waals surface area contributed by atoms with Crippen LogP contribution >= 0.6 is 11.6 Å². The summed E-state index contributed by atoms with van der Waals surface area (Å²) in [5, 5.41) is 20.7. The molecule has 248 valence electrons. The molecule has 0 spiro atoms. The third kappa shape index (κ3) is 5.72. The number of aromatic hydroxyl groups is 1. The maximum Gasteiger partial charge on any atom is 0.264 e. The molecule has 3 aliphatic heterocycles. The number of benzene rings is 3. The molecule has 0 fully saturated rings. The number of rotatable bonds is 1. The van der Waals surface area contributed by atoms with E-state index in [9.17, 15) is 20.0 Å². The average Bonchev–Trinajstić information content (AvgIpc) is 3.58. The van der Waals surface area contributed by atoms with Crippen LogP contribution in [-0.4, -0.2) is 44.1 Å². The maximum atomic E-state index is 14.8. The number of aromatic nitrogens is 2. The number of carbonyl (C=O) groups is 2. The summed E-state index contributed by atoms with van der Waals surface area (Å²) >= 11 is 6.55. The molecule has 0 unspecified atom stereocenters. The van der Waals surface area contributed by atoms with Gasteiger partial charge in [-0.1, -0.05) is 23.7 Å². The largest absolute Gasteiger partial charge is 0.508 e. The smallest absolute Gasteiger partial charge is 0.264 e. The van der Waals surface area contributed by atoms with Crippen LogP contribution in [0, 0.1) is 25.2 Å². The first-order valence-corrected chi connectivity index (χ1v) is 16.8. The van der Waals surface area contributed by atoms with Crippen LogP contribution in [-0.2, 0) is 26.6 Å². The summed E-state index contributed by atoms with van der Waals surface area (Å²) in [4.78, 5) is 32.5. The number of carbonyl (C=O) groups excluding carboxylic acids is 2. The first-order valence-electron chi connectivity index (χ1n) is 16.4. The van der Waals surface area contributed by atoms with Gasteiger partial charge in [-0.2, -0.15) is 5.26 Å². The second-order valence-corrected chi connectivity index (χ2v) is 13.1. The van der Waals surface area contributed by atoms with Gasteiger partial charge in [0.2, 0.25) is 0 Å². The number of nitrogens with zero attached hydrogens (tertiary/aromatic N) is 5. The van der Waals surface area contributed by atoms with Gasteiger partial charge in [0.25, 0.3) is 11.8 Å². The zero-order valence-corrected chi connectivity index (χ0v) is 28.4. The van der Waals surface area contributed by atoms with Gasteiger partial charge in [-0.25, -0.2) is 0 Å². The zero-order valence-electron chi connectivity index (χ0n) is 27.7. The van der Waals surface area contributed by atoms with Crippen molar-refractivity contribution in [2.24, 2.45) is 7.05 Å². The first-order chi connectivity index (χ1) is 23.7. The number of nitriles is 1. The van der Waals surface area contributed by atoms with Crippen LogP contribution in [0.25, 0.3) is 11.3 Å². The molecule has 0 saturated carbocycles. The van der Waals surface area contributed by atoms with E-state index in [0.29, 0.717) is 82.8 Å². The van der Waals surface area contributed by atoms with Crippen molar-refractivity contribution in [2.75, 3.05) is 18.1 Å². The lowest BCUT2D eigenvalue weighted by atomic mass is 9.96. The van der Waals surface area contributed by atoms with E-state index >= 15 is 0 Å². The fourth-order valence-corrected chi connectivity index (χ4v) is 7.19. The fraction of sp³-hybridized carbons (Fsp3) is 0.256. The summed E-state index contributed by atoms with van der Waals surface area (Å²) in [6.45, 7) is 5.86. The maximum absolute atomic E-state index is 14.8. The quantitative estimate of drug-likeness (QED) is 0.197. The van der Waals surface area contributed by atoms with Crippen LogP contribution in [0.1, 0.15) is 61.8 Å². The highest BCUT2D eigenvalue weighted by Gasteiger charge is 2.31. The van der Waals surface area contributed by atoms with Gasteiger partial charge in [-0.05, 0) is 99.3 Å². The van der Waals surface area contributed by atoms with E-state index in [-0.39, 0.29) is 17.6 Å². The molecule has 2 aromatic heterocycles. The van der Waals surface area contributed by atoms with Gasteiger partial charge in [0, 0.05) is 71.2 Å². The highest BCUT2D eigenvalue weighted by atomic mass is 35.5. The number of hydrogen-bond donors (Lipinski definition) is 1. The molecule has 8 rings (SSSR count). The molecule has 5 aromatic rings. The molecular formula is C39H36ClN5O4. The number of phenols is 1. The second kappa shape index (κ2) is 12.9. The van der Waals surface area contributed by atoms with Crippen LogP contribution in [0.2, 0.25) is 5.02 Å². The van der Waals surface area contributed by atoms with Gasteiger partial charge >= 0.3 is 0 Å². The normalized spacial score (nSPS) is 15.0. The molecule has 3 aliphatic rings. The number of ether oxygens (including phenoxy) is 1. The fourth-order valence-electron chi connectivity index (χ4n) is 7.02. The van der Waals surface area contributed by atoms with Gasteiger partial charge in [-0.3, -0.25) is 14.5 Å². The Morgan fingerprint density at radius 3 is 2.45 bits per heavy atom. The van der Waals surface area contributed by atoms with E-state index in [1.165, 1.54) is 12.1 Å². The molecule has 9 nitrogen and oxygen atoms in total. The van der Waals surface area contributed by atoms with E-state index in [0.717, 1.165) is 35.4 Å². The van der Waals surface area contributed by atoms with Gasteiger partial charge in [-0.15, -0.1) is 0 Å². The summed E-state index contributed by atoms with van der Waals surface area (Å²) < 4.78 is 10.1. The minimum Gasteiger partial charge on any atom is -0.508 e. The Balaban J connectivity index is 1.41. The molecule has 1 N–H and O–H groups in total. The number of hydrogen-bond acceptors (Lipinski definition) is 5. The highest BCUT2D eigenvalue weighted by Crippen LogP contribution is 2.38. The SMILES string of the molecule is Cc1c2cc(n1C)-c1cc(Cl)ccc1C(=O)N1CCc3c(cccc3OCCCCn3c(C#N)cc(c3C)N(c3ccc(O)cc3)C2=O)C1. The first kappa shape index (κ1) is 32.1. The zero-order chi connectivity index (χ0) is 34.4. The van der Waals surface area contributed by atoms with E-state index in [4.69, 9.17) is 16.3 Å². The Labute approximate surface area is 290 Å². The number of fused-ring (bicyclic) bond motifs is 6. The number of anilines is 2. The third-order valence-corrected chi connectivity index (χ3v) is 10.0. The Morgan fingerprint density at radius 2 is 1.67 bits per heavy atom. The van der Waals surface area contributed by atoms with Crippen molar-refractivity contribution < 1.29 is 19.4 Å². The topological polar surface area (TPSA) is 104 Å². The van der Waals surface area contributed by atoms with Crippen molar-refractivity contribution in [3.05, 3.63) is 117 Å². The van der Waals surface area contributed by atoms with Crippen LogP contribution < -0.4 is 9.64 Å². The third-order valence-electron chi connectivity index (χ3n) is 9.80. The summed E-state index contributed by atoms with van der Waals surface area (Å²) in [5.41, 5.74) is 7.42. The van der Waals surface area contributed by atoms with E-state index in [1.807, 2.05) is 59.2 Å². The van der Waals surface area contributed by atoms with Crippen molar-refractivity contribution in [2.45, 2.75) is 46.2 Å². The van der Waals surface area contributed by atoms with Crippen molar-refractivity contribution >= 4 is 34.8 Å². The molecule has 10 heteroatoms. The molecular weight excluding hydrogens is 638 g/mol. The number of halogens is 1. The lowest BCUT2D eigenvalue weighted by molar-refractivity contribution is 0.0734. The Kier molecular flexibility index (Phi) is 8.43. The van der Waals surface area contributed by atoms with E-state index in [2.05, 4.69) is 6.07 Å². The molecule has 5 heterocycles. The molecule has 0 saturated heterocycles. The standard InChI is InChI=1S/C39H36ClN5O4/c1-24-33-21-36(42(24)3)34-19-27(40)9-14-32(34)38(47)43-17-15-31-26(23-43)7-6-8-37(31)49-18-5-4-16-44-25(2)35(20-29(44)22-41)45(39(33)48)28-10-12-30(46)13-11-28/h6-14,19-21,46H,4-5,15-18,23H2,1-3H3. The average molecular weight is 674 g/mol. The summed E-state index contributed by atoms with van der Waals surface area (Å²) in [7, 11) is 1.87. The minimum absolute atomic E-state index is 0.0715. The van der Waals surface area contributed by atoms with Crippen molar-refractivity contribution in [1.29, 1.82) is 5.26 Å². The van der Waals surface area contributed by atoms with Gasteiger partial charge in [0.1, 0.15) is 23.3 Å². The van der Waals surface area contributed by atoms with Crippen LogP contribution in [0.4, 0.5) is 11.4 Å². The van der Waals surface area contributed by atoms with Crippen molar-refractivity contribution in [3.63, 3.8) is 0 Å². The van der Waals surface area contributed by atoms with E-state index < -0.39 is 0 Å². The number of phenolic OH excluding ortho intramolecular Hbond substituents is 1. The van der Waals surface area contributed by atoms with Crippen molar-refractivity contribution in [3.8, 4) is 28.8 Å². The van der Waals surface area contributed by atoms with E-state index in [1.54, 1.807) is 41.3 Å². The van der Waals surface area contributed by atoms with Crippen LogP contribution in [0.3, 0.4) is 0 Å². The predicted octanol–water partition coefficient (Wildman–Crippen LogP) is 7.69. The predicted molar refractivity (Wildman–Crippen MR) is 189 cm³/mol. The lowest BCUT2D eigenvalue weighted by Gasteiger charge is -2.30. The van der Waals surface area contributed by atoms with Gasteiger partial charge < -0.3 is 23.9 Å². The molecule has 0 atom stereocenters. The lowest BCUT2D eigenvalue weighted by Crippen LogP contribution is -2.36. The molecule has 0 aliphatic carbocycles. The van der Waals surface area contributed by atoms with Crippen LogP contribution in [0.15, 0.2) is 72.8 Å². The molecule has 0 radical (unpaired) electrons. The molecule has 2 amide bonds. The Hall–Kier alpha value is -5.46. The minimum atomic E-state index is -0.313. The number of amides is 2. The Morgan fingerprint density at radius 1 is 0.878 bits per heavy atom. The molecule has 8 bridgehead atoms. The van der Waals surface area contributed by atoms with Crippen molar-refractivity contribution in [1.82, 2.24) is 14.0 Å². The van der Waals surface area contributed by atoms with Gasteiger partial charge in [0.05, 0.1) is 17.9 Å². The second-order valence-electron chi connectivity index (χ2n) is 12.6. The Bertz CT molecular complexity index is 2160. The molecule has 3 aromatic carbocycles. The summed E-state index contributed by atoms with van der Waals surface area (Å²) in [6, 6.07) is 23.6.